The van der Waals surface area contributed by atoms with Crippen molar-refractivity contribution in [3.05, 3.63) is 53.6 Å². The molecule has 0 aliphatic rings. The van der Waals surface area contributed by atoms with E-state index >= 15 is 0 Å². The summed E-state index contributed by atoms with van der Waals surface area (Å²) in [7, 11) is 0. The van der Waals surface area contributed by atoms with Gasteiger partial charge >= 0.3 is 0 Å². The Labute approximate surface area is 99.1 Å². The minimum absolute atomic E-state index is 0.322. The standard InChI is InChI=1S/C13H13FN2O/c1-9-2-3-10(14)6-13(9)17-12-5-4-11(7-15)16-8-12/h2-6,8H,7,15H2,1H3. The first-order valence-corrected chi connectivity index (χ1v) is 5.28. The van der Waals surface area contributed by atoms with Crippen molar-refractivity contribution in [3.8, 4) is 11.5 Å². The summed E-state index contributed by atoms with van der Waals surface area (Å²) in [5.74, 6) is 0.736. The molecule has 0 aliphatic heterocycles. The van der Waals surface area contributed by atoms with Gasteiger partial charge in [0.15, 0.2) is 0 Å². The summed E-state index contributed by atoms with van der Waals surface area (Å²) in [6, 6.07) is 7.97. The zero-order chi connectivity index (χ0) is 12.3. The van der Waals surface area contributed by atoms with Gasteiger partial charge in [-0.3, -0.25) is 4.98 Å². The molecule has 0 unspecified atom stereocenters. The average Bonchev–Trinajstić information content (AvgIpc) is 2.35. The van der Waals surface area contributed by atoms with E-state index in [2.05, 4.69) is 4.98 Å². The second-order valence-electron chi connectivity index (χ2n) is 3.70. The number of hydrogen-bond donors (Lipinski definition) is 1. The Morgan fingerprint density at radius 1 is 1.29 bits per heavy atom. The summed E-state index contributed by atoms with van der Waals surface area (Å²) < 4.78 is 18.6. The maximum Gasteiger partial charge on any atom is 0.145 e. The third kappa shape index (κ3) is 2.79. The first-order valence-electron chi connectivity index (χ1n) is 5.28. The monoisotopic (exact) mass is 232 g/mol. The maximum absolute atomic E-state index is 13.1. The number of pyridine rings is 1. The van der Waals surface area contributed by atoms with Crippen molar-refractivity contribution in [1.82, 2.24) is 4.98 Å². The van der Waals surface area contributed by atoms with Crippen molar-refractivity contribution >= 4 is 0 Å². The van der Waals surface area contributed by atoms with E-state index in [9.17, 15) is 4.39 Å². The fourth-order valence-electron chi connectivity index (χ4n) is 1.40. The van der Waals surface area contributed by atoms with Gasteiger partial charge in [0.2, 0.25) is 0 Å². The minimum Gasteiger partial charge on any atom is -0.455 e. The molecule has 17 heavy (non-hydrogen) atoms. The lowest BCUT2D eigenvalue weighted by atomic mass is 10.2. The Morgan fingerprint density at radius 3 is 2.76 bits per heavy atom. The predicted octanol–water partition coefficient (Wildman–Crippen LogP) is 2.78. The second kappa shape index (κ2) is 4.93. The van der Waals surface area contributed by atoms with E-state index in [0.29, 0.717) is 18.0 Å². The fraction of sp³-hybridized carbons (Fsp3) is 0.154. The summed E-state index contributed by atoms with van der Waals surface area (Å²) in [5.41, 5.74) is 7.10. The van der Waals surface area contributed by atoms with Crippen molar-refractivity contribution in [2.45, 2.75) is 13.5 Å². The van der Waals surface area contributed by atoms with E-state index in [1.165, 1.54) is 12.1 Å². The Hall–Kier alpha value is -1.94. The Balaban J connectivity index is 2.22. The second-order valence-corrected chi connectivity index (χ2v) is 3.70. The number of hydrogen-bond acceptors (Lipinski definition) is 3. The van der Waals surface area contributed by atoms with Crippen LogP contribution in [-0.2, 0) is 6.54 Å². The van der Waals surface area contributed by atoms with Crippen LogP contribution in [0.15, 0.2) is 36.5 Å². The highest BCUT2D eigenvalue weighted by Crippen LogP contribution is 2.25. The number of halogens is 1. The molecule has 4 heteroatoms. The lowest BCUT2D eigenvalue weighted by Gasteiger charge is -2.08. The van der Waals surface area contributed by atoms with Crippen LogP contribution < -0.4 is 10.5 Å². The number of rotatable bonds is 3. The van der Waals surface area contributed by atoms with E-state index in [-0.39, 0.29) is 5.82 Å². The zero-order valence-corrected chi connectivity index (χ0v) is 9.48. The van der Waals surface area contributed by atoms with Gasteiger partial charge < -0.3 is 10.5 Å². The fourth-order valence-corrected chi connectivity index (χ4v) is 1.40. The third-order valence-electron chi connectivity index (χ3n) is 2.38. The van der Waals surface area contributed by atoms with Crippen LogP contribution in [0.5, 0.6) is 11.5 Å². The number of aryl methyl sites for hydroxylation is 1. The molecule has 0 radical (unpaired) electrons. The summed E-state index contributed by atoms with van der Waals surface area (Å²) in [6.07, 6.45) is 1.58. The molecule has 2 N–H and O–H groups in total. The van der Waals surface area contributed by atoms with Crippen molar-refractivity contribution in [2.75, 3.05) is 0 Å². The summed E-state index contributed by atoms with van der Waals surface area (Å²) >= 11 is 0. The van der Waals surface area contributed by atoms with Crippen LogP contribution in [0.3, 0.4) is 0 Å². The van der Waals surface area contributed by atoms with Crippen molar-refractivity contribution in [3.63, 3.8) is 0 Å². The molecule has 88 valence electrons. The van der Waals surface area contributed by atoms with Crippen LogP contribution in [0.25, 0.3) is 0 Å². The first-order chi connectivity index (χ1) is 8.19. The Bertz CT molecular complexity index is 511. The van der Waals surface area contributed by atoms with Gasteiger partial charge in [-0.25, -0.2) is 4.39 Å². The molecule has 0 spiro atoms. The van der Waals surface area contributed by atoms with Crippen molar-refractivity contribution in [2.24, 2.45) is 5.73 Å². The largest absolute Gasteiger partial charge is 0.455 e. The molecular weight excluding hydrogens is 219 g/mol. The normalized spacial score (nSPS) is 10.3. The Kier molecular flexibility index (Phi) is 3.35. The molecule has 0 amide bonds. The molecule has 2 aromatic rings. The molecule has 0 bridgehead atoms. The van der Waals surface area contributed by atoms with Gasteiger partial charge in [-0.1, -0.05) is 6.07 Å². The number of nitrogens with zero attached hydrogens (tertiary/aromatic N) is 1. The van der Waals surface area contributed by atoms with Crippen LogP contribution in [0.4, 0.5) is 4.39 Å². The molecule has 0 aliphatic carbocycles. The Morgan fingerprint density at radius 2 is 2.12 bits per heavy atom. The lowest BCUT2D eigenvalue weighted by Crippen LogP contribution is -1.99. The molecule has 1 aromatic carbocycles. The summed E-state index contributed by atoms with van der Waals surface area (Å²) in [6.45, 7) is 2.25. The predicted molar refractivity (Wildman–Crippen MR) is 63.3 cm³/mol. The highest BCUT2D eigenvalue weighted by atomic mass is 19.1. The van der Waals surface area contributed by atoms with Gasteiger partial charge in [-0.2, -0.15) is 0 Å². The van der Waals surface area contributed by atoms with E-state index in [0.717, 1.165) is 11.3 Å². The van der Waals surface area contributed by atoms with E-state index in [4.69, 9.17) is 10.5 Å². The summed E-state index contributed by atoms with van der Waals surface area (Å²) in [5, 5.41) is 0. The molecule has 3 nitrogen and oxygen atoms in total. The van der Waals surface area contributed by atoms with Crippen molar-refractivity contribution < 1.29 is 9.13 Å². The molecule has 0 fully saturated rings. The first kappa shape index (κ1) is 11.5. The number of benzene rings is 1. The molecule has 1 aromatic heterocycles. The number of nitrogens with two attached hydrogens (primary N) is 1. The summed E-state index contributed by atoms with van der Waals surface area (Å²) in [4.78, 5) is 4.10. The molecule has 0 saturated heterocycles. The topological polar surface area (TPSA) is 48.1 Å². The third-order valence-corrected chi connectivity index (χ3v) is 2.38. The van der Waals surface area contributed by atoms with Gasteiger partial charge in [0.25, 0.3) is 0 Å². The van der Waals surface area contributed by atoms with Gasteiger partial charge in [0.1, 0.15) is 17.3 Å². The molecule has 1 heterocycles. The molecule has 0 saturated carbocycles. The minimum atomic E-state index is -0.322. The lowest BCUT2D eigenvalue weighted by molar-refractivity contribution is 0.470. The van der Waals surface area contributed by atoms with E-state index in [1.54, 1.807) is 24.4 Å². The molecular formula is C13H13FN2O. The van der Waals surface area contributed by atoms with Gasteiger partial charge in [0.05, 0.1) is 11.9 Å². The zero-order valence-electron chi connectivity index (χ0n) is 9.48. The highest BCUT2D eigenvalue weighted by molar-refractivity contribution is 5.36. The SMILES string of the molecule is Cc1ccc(F)cc1Oc1ccc(CN)nc1. The quantitative estimate of drug-likeness (QED) is 0.885. The van der Waals surface area contributed by atoms with Gasteiger partial charge in [-0.05, 0) is 30.7 Å². The van der Waals surface area contributed by atoms with Gasteiger partial charge in [0, 0.05) is 12.6 Å². The smallest absolute Gasteiger partial charge is 0.145 e. The number of aromatic nitrogens is 1. The van der Waals surface area contributed by atoms with Crippen LogP contribution in [0.1, 0.15) is 11.3 Å². The van der Waals surface area contributed by atoms with Crippen LogP contribution >= 0.6 is 0 Å². The van der Waals surface area contributed by atoms with Crippen molar-refractivity contribution in [1.29, 1.82) is 0 Å². The molecule has 2 rings (SSSR count). The van der Waals surface area contributed by atoms with Crippen LogP contribution in [0, 0.1) is 12.7 Å². The van der Waals surface area contributed by atoms with E-state index in [1.807, 2.05) is 6.92 Å². The number of ether oxygens (including phenoxy) is 1. The van der Waals surface area contributed by atoms with Crippen LogP contribution in [-0.4, -0.2) is 4.98 Å². The maximum atomic E-state index is 13.1. The van der Waals surface area contributed by atoms with Crippen LogP contribution in [0.2, 0.25) is 0 Å². The average molecular weight is 232 g/mol. The van der Waals surface area contributed by atoms with E-state index < -0.39 is 0 Å². The molecule has 0 atom stereocenters. The highest BCUT2D eigenvalue weighted by Gasteiger charge is 2.03. The van der Waals surface area contributed by atoms with Gasteiger partial charge in [-0.15, -0.1) is 0 Å².